The molecule has 2 aliphatic rings. The van der Waals surface area contributed by atoms with E-state index in [2.05, 4.69) is 25.2 Å². The van der Waals surface area contributed by atoms with Gasteiger partial charge in [0, 0.05) is 17.5 Å². The monoisotopic (exact) mass is 338 g/mol. The largest absolute Gasteiger partial charge is 0.492 e. The third-order valence-corrected chi connectivity index (χ3v) is 5.15. The first-order valence-corrected chi connectivity index (χ1v) is 8.26. The van der Waals surface area contributed by atoms with Crippen LogP contribution in [0.5, 0.6) is 5.75 Å². The van der Waals surface area contributed by atoms with Gasteiger partial charge < -0.3 is 15.8 Å². The Labute approximate surface area is 144 Å². The Kier molecular flexibility index (Phi) is 5.27. The van der Waals surface area contributed by atoms with Crippen molar-refractivity contribution in [3.8, 4) is 5.75 Å². The van der Waals surface area contributed by atoms with Crippen molar-refractivity contribution in [1.29, 1.82) is 0 Å². The highest BCUT2D eigenvalue weighted by Gasteiger charge is 2.37. The van der Waals surface area contributed by atoms with Gasteiger partial charge in [-0.3, -0.25) is 4.79 Å². The van der Waals surface area contributed by atoms with Crippen molar-refractivity contribution in [3.05, 3.63) is 29.3 Å². The number of ether oxygens (including phenoxy) is 1. The Bertz CT molecular complexity index is 580. The lowest BCUT2D eigenvalue weighted by atomic mass is 9.81. The van der Waals surface area contributed by atoms with Crippen molar-refractivity contribution in [1.82, 2.24) is 5.32 Å². The third kappa shape index (κ3) is 3.33. The Balaban J connectivity index is 0.00000192. The predicted molar refractivity (Wildman–Crippen MR) is 94.5 cm³/mol. The molecule has 23 heavy (non-hydrogen) atoms. The molecule has 1 saturated carbocycles. The second-order valence-corrected chi connectivity index (χ2v) is 7.35. The molecule has 1 aliphatic carbocycles. The van der Waals surface area contributed by atoms with E-state index in [0.29, 0.717) is 18.7 Å². The van der Waals surface area contributed by atoms with Crippen LogP contribution in [0.4, 0.5) is 0 Å². The summed E-state index contributed by atoms with van der Waals surface area (Å²) >= 11 is 0. The molecule has 3 N–H and O–H groups in total. The predicted octanol–water partition coefficient (Wildman–Crippen LogP) is 3.17. The fourth-order valence-electron chi connectivity index (χ4n) is 3.65. The number of rotatable bonds is 3. The number of benzene rings is 1. The highest BCUT2D eigenvalue weighted by atomic mass is 35.5. The zero-order valence-corrected chi connectivity index (χ0v) is 14.8. The van der Waals surface area contributed by atoms with Crippen LogP contribution in [-0.4, -0.2) is 24.6 Å². The van der Waals surface area contributed by atoms with E-state index in [1.54, 1.807) is 0 Å². The van der Waals surface area contributed by atoms with Crippen molar-refractivity contribution in [2.24, 2.45) is 5.73 Å². The van der Waals surface area contributed by atoms with Crippen molar-refractivity contribution in [2.45, 2.75) is 56.9 Å². The lowest BCUT2D eigenvalue weighted by molar-refractivity contribution is 0.0871. The minimum Gasteiger partial charge on any atom is -0.492 e. The molecule has 0 atom stereocenters. The Morgan fingerprint density at radius 1 is 1.26 bits per heavy atom. The molecule has 0 radical (unpaired) electrons. The topological polar surface area (TPSA) is 64.3 Å². The molecule has 1 aliphatic heterocycles. The number of fused-ring (bicyclic) bond motifs is 1. The van der Waals surface area contributed by atoms with Crippen molar-refractivity contribution >= 4 is 18.3 Å². The quantitative estimate of drug-likeness (QED) is 0.889. The molecule has 5 heteroatoms. The molecule has 4 nitrogen and oxygen atoms in total. The summed E-state index contributed by atoms with van der Waals surface area (Å²) in [7, 11) is 0. The van der Waals surface area contributed by atoms with Gasteiger partial charge in [-0.15, -0.1) is 12.4 Å². The van der Waals surface area contributed by atoms with Gasteiger partial charge in [0.05, 0.1) is 17.7 Å². The van der Waals surface area contributed by atoms with Gasteiger partial charge in [0.1, 0.15) is 5.75 Å². The summed E-state index contributed by atoms with van der Waals surface area (Å²) in [6.07, 6.45) is 5.44. The van der Waals surface area contributed by atoms with Gasteiger partial charge in [-0.2, -0.15) is 0 Å². The van der Waals surface area contributed by atoms with Crippen LogP contribution >= 0.6 is 12.4 Å². The summed E-state index contributed by atoms with van der Waals surface area (Å²) in [6, 6.07) is 5.85. The van der Waals surface area contributed by atoms with Crippen molar-refractivity contribution < 1.29 is 9.53 Å². The summed E-state index contributed by atoms with van der Waals surface area (Å²) in [5.41, 5.74) is 7.45. The molecule has 1 amide bonds. The average molecular weight is 339 g/mol. The van der Waals surface area contributed by atoms with Crippen molar-refractivity contribution in [2.75, 3.05) is 13.2 Å². The van der Waals surface area contributed by atoms with E-state index >= 15 is 0 Å². The second-order valence-electron chi connectivity index (χ2n) is 7.35. The number of hydrogen-bond acceptors (Lipinski definition) is 3. The molecule has 1 aromatic carbocycles. The lowest BCUT2D eigenvalue weighted by Crippen LogP contribution is -2.54. The summed E-state index contributed by atoms with van der Waals surface area (Å²) in [5.74, 6) is 0.690. The smallest absolute Gasteiger partial charge is 0.255 e. The third-order valence-electron chi connectivity index (χ3n) is 5.15. The van der Waals surface area contributed by atoms with Crippen LogP contribution in [0.2, 0.25) is 0 Å². The maximum atomic E-state index is 12.8. The summed E-state index contributed by atoms with van der Waals surface area (Å²) in [4.78, 5) is 12.8. The first kappa shape index (κ1) is 18.1. The zero-order valence-electron chi connectivity index (χ0n) is 14.0. The molecular weight excluding hydrogens is 312 g/mol. The number of halogens is 1. The molecule has 0 aromatic heterocycles. The molecule has 128 valence electrons. The minimum atomic E-state index is -0.244. The summed E-state index contributed by atoms with van der Waals surface area (Å²) in [5, 5.41) is 3.21. The molecule has 1 aromatic rings. The standard InChI is InChI=1S/C18H26N2O2.ClH/c1-17(2)12-22-15-13(7-6-8-14(15)17)16(21)20-18(11-19)9-4-3-5-10-18;/h6-8H,3-5,9-12,19H2,1-2H3,(H,20,21);1H. The average Bonchev–Trinajstić information content (AvgIpc) is 2.84. The van der Waals surface area contributed by atoms with Crippen LogP contribution in [0, 0.1) is 0 Å². The first-order chi connectivity index (χ1) is 10.5. The number of para-hydroxylation sites is 1. The van der Waals surface area contributed by atoms with Crippen LogP contribution < -0.4 is 15.8 Å². The molecular formula is C18H27ClN2O2. The van der Waals surface area contributed by atoms with Gasteiger partial charge in [-0.1, -0.05) is 45.2 Å². The summed E-state index contributed by atoms with van der Waals surface area (Å²) < 4.78 is 5.83. The summed E-state index contributed by atoms with van der Waals surface area (Å²) in [6.45, 7) is 5.40. The van der Waals surface area contributed by atoms with Crippen LogP contribution in [0.25, 0.3) is 0 Å². The normalized spacial score (nSPS) is 20.8. The minimum absolute atomic E-state index is 0. The zero-order chi connectivity index (χ0) is 15.8. The van der Waals surface area contributed by atoms with Gasteiger partial charge in [-0.05, 0) is 18.9 Å². The molecule has 1 fully saturated rings. The van der Waals surface area contributed by atoms with Crippen molar-refractivity contribution in [3.63, 3.8) is 0 Å². The second kappa shape index (κ2) is 6.70. The molecule has 0 spiro atoms. The van der Waals surface area contributed by atoms with E-state index in [1.165, 1.54) is 6.42 Å². The van der Waals surface area contributed by atoms with E-state index in [0.717, 1.165) is 37.0 Å². The van der Waals surface area contributed by atoms with Crippen LogP contribution in [-0.2, 0) is 5.41 Å². The first-order valence-electron chi connectivity index (χ1n) is 8.26. The fourth-order valence-corrected chi connectivity index (χ4v) is 3.65. The number of nitrogens with two attached hydrogens (primary N) is 1. The van der Waals surface area contributed by atoms with Crippen LogP contribution in [0.1, 0.15) is 61.9 Å². The maximum absolute atomic E-state index is 12.8. The van der Waals surface area contributed by atoms with Gasteiger partial charge >= 0.3 is 0 Å². The Morgan fingerprint density at radius 2 is 1.96 bits per heavy atom. The fraction of sp³-hybridized carbons (Fsp3) is 0.611. The van der Waals surface area contributed by atoms with Gasteiger partial charge in [0.25, 0.3) is 5.91 Å². The van der Waals surface area contributed by atoms with Gasteiger partial charge in [0.2, 0.25) is 0 Å². The van der Waals surface area contributed by atoms with E-state index in [-0.39, 0.29) is 29.3 Å². The number of carbonyl (C=O) groups excluding carboxylic acids is 1. The van der Waals surface area contributed by atoms with Crippen LogP contribution in [0.15, 0.2) is 18.2 Å². The Morgan fingerprint density at radius 3 is 2.61 bits per heavy atom. The van der Waals surface area contributed by atoms with Crippen LogP contribution in [0.3, 0.4) is 0 Å². The molecule has 0 bridgehead atoms. The highest BCUT2D eigenvalue weighted by molar-refractivity contribution is 5.98. The number of hydrogen-bond donors (Lipinski definition) is 2. The van der Waals surface area contributed by atoms with E-state index in [9.17, 15) is 4.79 Å². The molecule has 3 rings (SSSR count). The van der Waals surface area contributed by atoms with E-state index in [4.69, 9.17) is 10.5 Å². The number of carbonyl (C=O) groups is 1. The molecule has 1 heterocycles. The van der Waals surface area contributed by atoms with E-state index in [1.807, 2.05) is 12.1 Å². The SMILES string of the molecule is CC1(C)COc2c(C(=O)NC3(CN)CCCCC3)cccc21.Cl. The van der Waals surface area contributed by atoms with Gasteiger partial charge in [-0.25, -0.2) is 0 Å². The lowest BCUT2D eigenvalue weighted by Gasteiger charge is -2.37. The number of nitrogens with one attached hydrogen (secondary N) is 1. The highest BCUT2D eigenvalue weighted by Crippen LogP contribution is 2.40. The maximum Gasteiger partial charge on any atom is 0.255 e. The van der Waals surface area contributed by atoms with Gasteiger partial charge in [0.15, 0.2) is 0 Å². The molecule has 0 unspecified atom stereocenters. The Hall–Kier alpha value is -1.26. The molecule has 0 saturated heterocycles. The van der Waals surface area contributed by atoms with E-state index < -0.39 is 0 Å². The number of amides is 1.